The van der Waals surface area contributed by atoms with Gasteiger partial charge in [0, 0.05) is 26.2 Å². The van der Waals surface area contributed by atoms with Gasteiger partial charge in [0.25, 0.3) is 0 Å². The standard InChI is InChI=1S/C23H31FN2O4S/c1-3-16-25-22(30)19(26-21(29)17-31-18(2)27)12-8-7-9-13-20(28)23(24)14-10-5-4-6-11-15-23/h1,19H,4-10,12-14,16-17H2,2H3,(H,25,30)(H,26,29)/t19-,23?/m1/s1. The fraction of sp³-hybridized carbons (Fsp3) is 0.652. The highest BCUT2D eigenvalue weighted by Gasteiger charge is 2.35. The molecule has 0 aromatic carbocycles. The summed E-state index contributed by atoms with van der Waals surface area (Å²) in [6.07, 6.45) is 10.5. The van der Waals surface area contributed by atoms with Crippen LogP contribution in [-0.2, 0) is 19.2 Å². The van der Waals surface area contributed by atoms with Crippen LogP contribution in [0.3, 0.4) is 0 Å². The number of carbonyl (C=O) groups is 4. The maximum Gasteiger partial charge on any atom is 0.243 e. The van der Waals surface area contributed by atoms with Crippen LogP contribution in [0.2, 0.25) is 0 Å². The molecule has 0 fully saturated rings. The zero-order valence-electron chi connectivity index (χ0n) is 18.1. The minimum Gasteiger partial charge on any atom is -0.344 e. The van der Waals surface area contributed by atoms with E-state index in [1.165, 1.54) is 6.92 Å². The Labute approximate surface area is 188 Å². The number of ketones is 1. The van der Waals surface area contributed by atoms with Crippen LogP contribution in [0.25, 0.3) is 0 Å². The number of thioether (sulfide) groups is 1. The minimum atomic E-state index is -2.04. The van der Waals surface area contributed by atoms with Crippen LogP contribution in [0.15, 0.2) is 0 Å². The van der Waals surface area contributed by atoms with Crippen molar-refractivity contribution < 1.29 is 23.6 Å². The number of unbranched alkanes of at least 4 members (excludes halogenated alkanes) is 2. The molecule has 2 N–H and O–H groups in total. The molecule has 1 unspecified atom stereocenters. The summed E-state index contributed by atoms with van der Waals surface area (Å²) < 4.78 is 14.9. The van der Waals surface area contributed by atoms with Crippen molar-refractivity contribution in [1.29, 1.82) is 0 Å². The Balaban J connectivity index is 2.48. The second-order valence-electron chi connectivity index (χ2n) is 7.51. The maximum absolute atomic E-state index is 14.9. The van der Waals surface area contributed by atoms with Gasteiger partial charge < -0.3 is 10.6 Å². The smallest absolute Gasteiger partial charge is 0.243 e. The van der Waals surface area contributed by atoms with Crippen LogP contribution in [-0.4, -0.2) is 46.7 Å². The van der Waals surface area contributed by atoms with Gasteiger partial charge in [-0.15, -0.1) is 6.42 Å². The van der Waals surface area contributed by atoms with Gasteiger partial charge in [0.1, 0.15) is 6.04 Å². The maximum atomic E-state index is 14.9. The van der Waals surface area contributed by atoms with Crippen LogP contribution in [0, 0.1) is 24.2 Å². The molecule has 8 heteroatoms. The number of rotatable bonds is 12. The Morgan fingerprint density at radius 2 is 1.97 bits per heavy atom. The molecule has 0 radical (unpaired) electrons. The molecule has 31 heavy (non-hydrogen) atoms. The molecular formula is C23H31FN2O4S. The van der Waals surface area contributed by atoms with Crippen molar-refractivity contribution in [1.82, 2.24) is 10.6 Å². The second-order valence-corrected chi connectivity index (χ2v) is 8.66. The van der Waals surface area contributed by atoms with Gasteiger partial charge in [-0.1, -0.05) is 48.8 Å². The van der Waals surface area contributed by atoms with E-state index >= 15 is 0 Å². The van der Waals surface area contributed by atoms with Gasteiger partial charge in [-0.2, -0.15) is 0 Å². The van der Waals surface area contributed by atoms with Crippen LogP contribution in [0.1, 0.15) is 71.1 Å². The molecular weight excluding hydrogens is 419 g/mol. The Kier molecular flexibility index (Phi) is 12.6. The summed E-state index contributed by atoms with van der Waals surface area (Å²) in [5.74, 6) is 6.24. The third-order valence-corrected chi connectivity index (χ3v) is 5.68. The first-order valence-corrected chi connectivity index (χ1v) is 11.6. The van der Waals surface area contributed by atoms with Crippen molar-refractivity contribution in [3.63, 3.8) is 0 Å². The largest absolute Gasteiger partial charge is 0.344 e. The van der Waals surface area contributed by atoms with Gasteiger partial charge >= 0.3 is 0 Å². The Morgan fingerprint density at radius 3 is 2.68 bits per heavy atom. The number of terminal acetylenes is 1. The molecule has 0 spiro atoms. The molecule has 0 heterocycles. The molecule has 1 aliphatic rings. The van der Waals surface area contributed by atoms with Crippen molar-refractivity contribution in [3.05, 3.63) is 0 Å². The molecule has 0 saturated heterocycles. The Bertz CT molecular complexity index is 753. The fourth-order valence-corrected chi connectivity index (χ4v) is 3.59. The lowest BCUT2D eigenvalue weighted by Gasteiger charge is -2.20. The van der Waals surface area contributed by atoms with Crippen LogP contribution >= 0.6 is 11.8 Å². The average Bonchev–Trinajstić information content (AvgIpc) is 2.71. The van der Waals surface area contributed by atoms with E-state index in [0.29, 0.717) is 38.5 Å². The summed E-state index contributed by atoms with van der Waals surface area (Å²) >= 11 is 0.863. The molecule has 0 bridgehead atoms. The van der Waals surface area contributed by atoms with E-state index in [4.69, 9.17) is 6.42 Å². The number of Topliss-reactive ketones (excluding diaryl/α,β-unsaturated/α-hetero) is 1. The molecule has 0 saturated carbocycles. The summed E-state index contributed by atoms with van der Waals surface area (Å²) in [4.78, 5) is 47.6. The van der Waals surface area contributed by atoms with Crippen LogP contribution in [0.4, 0.5) is 4.39 Å². The van der Waals surface area contributed by atoms with E-state index in [1.807, 2.05) is 0 Å². The highest BCUT2D eigenvalue weighted by Crippen LogP contribution is 2.25. The van der Waals surface area contributed by atoms with E-state index in [9.17, 15) is 23.6 Å². The quantitative estimate of drug-likeness (QED) is 0.352. The van der Waals surface area contributed by atoms with Crippen molar-refractivity contribution in [2.75, 3.05) is 12.3 Å². The average molecular weight is 451 g/mol. The van der Waals surface area contributed by atoms with Crippen molar-refractivity contribution in [2.45, 2.75) is 82.8 Å². The van der Waals surface area contributed by atoms with Crippen molar-refractivity contribution in [3.8, 4) is 24.2 Å². The molecule has 1 rings (SSSR count). The summed E-state index contributed by atoms with van der Waals surface area (Å²) in [6, 6.07) is -0.784. The van der Waals surface area contributed by atoms with E-state index in [-0.39, 0.29) is 30.3 Å². The van der Waals surface area contributed by atoms with E-state index in [2.05, 4.69) is 28.4 Å². The van der Waals surface area contributed by atoms with Gasteiger partial charge in [0.15, 0.2) is 10.9 Å². The van der Waals surface area contributed by atoms with E-state index in [1.54, 1.807) is 0 Å². The first-order chi connectivity index (χ1) is 14.8. The van der Waals surface area contributed by atoms with Gasteiger partial charge in [-0.05, 0) is 25.7 Å². The van der Waals surface area contributed by atoms with Crippen LogP contribution in [0.5, 0.6) is 0 Å². The zero-order chi connectivity index (χ0) is 23.1. The normalized spacial score (nSPS) is 18.9. The first-order valence-electron chi connectivity index (χ1n) is 10.6. The van der Waals surface area contributed by atoms with Crippen LogP contribution < -0.4 is 10.6 Å². The van der Waals surface area contributed by atoms with E-state index in [0.717, 1.165) is 24.6 Å². The van der Waals surface area contributed by atoms with Crippen molar-refractivity contribution in [2.24, 2.45) is 0 Å². The monoisotopic (exact) mass is 450 g/mol. The van der Waals surface area contributed by atoms with E-state index < -0.39 is 29.3 Å². The molecule has 0 aromatic heterocycles. The second kappa shape index (κ2) is 14.6. The number of amides is 2. The predicted molar refractivity (Wildman–Crippen MR) is 120 cm³/mol. The molecule has 1 aliphatic carbocycles. The number of halogens is 1. The lowest BCUT2D eigenvalue weighted by molar-refractivity contribution is -0.128. The first kappa shape index (κ1) is 26.7. The molecule has 6 nitrogen and oxygen atoms in total. The summed E-state index contributed by atoms with van der Waals surface area (Å²) in [5, 5.41) is 4.96. The third kappa shape index (κ3) is 11.0. The minimum absolute atomic E-state index is 0.0432. The zero-order valence-corrected chi connectivity index (χ0v) is 18.9. The number of hydrogen-bond donors (Lipinski definition) is 2. The van der Waals surface area contributed by atoms with Gasteiger partial charge in [-0.25, -0.2) is 4.39 Å². The van der Waals surface area contributed by atoms with Gasteiger partial charge in [0.2, 0.25) is 17.5 Å². The molecule has 170 valence electrons. The summed E-state index contributed by atoms with van der Waals surface area (Å²) in [6.45, 7) is 1.40. The number of hydrogen-bond acceptors (Lipinski definition) is 5. The Hall–Kier alpha value is -2.32. The highest BCUT2D eigenvalue weighted by atomic mass is 32.2. The topological polar surface area (TPSA) is 92.3 Å². The molecule has 2 amide bonds. The lowest BCUT2D eigenvalue weighted by atomic mass is 9.89. The molecule has 0 aliphatic heterocycles. The number of carbonyl (C=O) groups excluding carboxylic acids is 4. The number of alkyl halides is 1. The van der Waals surface area contributed by atoms with Crippen molar-refractivity contribution >= 4 is 34.5 Å². The highest BCUT2D eigenvalue weighted by molar-refractivity contribution is 8.14. The Morgan fingerprint density at radius 1 is 1.19 bits per heavy atom. The third-order valence-electron chi connectivity index (χ3n) is 4.87. The van der Waals surface area contributed by atoms with Gasteiger partial charge in [-0.3, -0.25) is 19.2 Å². The summed E-state index contributed by atoms with van der Waals surface area (Å²) in [5.41, 5.74) is -2.04. The SMILES string of the molecule is C#CCNC(=O)[C@@H](CCCCCC(=O)C1(F)C#CCCCCC1)NC(=O)CSC(C)=O. The molecule has 2 atom stereocenters. The molecule has 0 aromatic rings. The summed E-state index contributed by atoms with van der Waals surface area (Å²) in [7, 11) is 0. The predicted octanol–water partition coefficient (Wildman–Crippen LogP) is 2.70. The number of nitrogens with one attached hydrogen (secondary N) is 2. The van der Waals surface area contributed by atoms with Gasteiger partial charge in [0.05, 0.1) is 12.3 Å². The lowest BCUT2D eigenvalue weighted by Crippen LogP contribution is -2.47. The fourth-order valence-electron chi connectivity index (χ4n) is 3.18.